The third-order valence-corrected chi connectivity index (χ3v) is 6.74. The van der Waals surface area contributed by atoms with E-state index in [1.807, 2.05) is 85.1 Å². The molecular weight excluding hydrogens is 442 g/mol. The predicted molar refractivity (Wildman–Crippen MR) is 147 cm³/mol. The average molecular weight is 480 g/mol. The van der Waals surface area contributed by atoms with Gasteiger partial charge in [-0.3, -0.25) is 4.79 Å². The molecule has 0 fully saturated rings. The van der Waals surface area contributed by atoms with Gasteiger partial charge < -0.3 is 9.88 Å². The van der Waals surface area contributed by atoms with Crippen LogP contribution in [0, 0.1) is 0 Å². The van der Waals surface area contributed by atoms with Crippen LogP contribution in [0.25, 0.3) is 0 Å². The Morgan fingerprint density at radius 1 is 0.778 bits per heavy atom. The molecule has 1 N–H and O–H groups in total. The largest absolute Gasteiger partial charge is 0.348 e. The second-order valence-electron chi connectivity index (χ2n) is 9.38. The van der Waals surface area contributed by atoms with Crippen molar-refractivity contribution in [2.45, 2.75) is 64.0 Å². The summed E-state index contributed by atoms with van der Waals surface area (Å²) in [5.41, 5.74) is 3.06. The quantitative estimate of drug-likeness (QED) is 0.208. The van der Waals surface area contributed by atoms with Crippen LogP contribution in [-0.2, 0) is 17.8 Å². The number of nitrogens with one attached hydrogen (secondary N) is 1. The zero-order valence-corrected chi connectivity index (χ0v) is 21.2. The summed E-state index contributed by atoms with van der Waals surface area (Å²) in [6.07, 6.45) is 10.8. The third kappa shape index (κ3) is 6.94. The predicted octanol–water partition coefficient (Wildman–Crippen LogP) is 7.09. The summed E-state index contributed by atoms with van der Waals surface area (Å²) >= 11 is 0. The van der Waals surface area contributed by atoms with Gasteiger partial charge in [0.15, 0.2) is 0 Å². The molecule has 4 nitrogen and oxygen atoms in total. The topological polar surface area (TPSA) is 46.9 Å². The molecule has 0 spiro atoms. The Balaban J connectivity index is 1.55. The number of benzene rings is 3. The Bertz CT molecular complexity index is 1130. The van der Waals surface area contributed by atoms with Crippen LogP contribution in [-0.4, -0.2) is 15.5 Å². The van der Waals surface area contributed by atoms with Crippen molar-refractivity contribution in [1.82, 2.24) is 14.9 Å². The van der Waals surface area contributed by atoms with Gasteiger partial charge >= 0.3 is 0 Å². The Labute approximate surface area is 215 Å². The van der Waals surface area contributed by atoms with Crippen LogP contribution in [0.2, 0.25) is 0 Å². The minimum absolute atomic E-state index is 0.000996. The molecule has 0 bridgehead atoms. The van der Waals surface area contributed by atoms with E-state index < -0.39 is 0 Å². The summed E-state index contributed by atoms with van der Waals surface area (Å²) in [6.45, 7) is 3.21. The van der Waals surface area contributed by atoms with Crippen LogP contribution in [0.3, 0.4) is 0 Å². The standard InChI is InChI=1S/C32H37N3O/c1-2-3-4-5-15-23-35-24-22-33-30(35)25-29(26-16-9-6-10-17-26)34-32(36)31(27-18-11-7-12-19-27)28-20-13-8-14-21-28/h6-14,16-22,24,29,31H,2-5,15,23,25H2,1H3,(H,34,36). The zero-order valence-electron chi connectivity index (χ0n) is 21.2. The van der Waals surface area contributed by atoms with Crippen molar-refractivity contribution in [3.63, 3.8) is 0 Å². The molecule has 1 heterocycles. The van der Waals surface area contributed by atoms with E-state index in [9.17, 15) is 4.79 Å². The van der Waals surface area contributed by atoms with Crippen molar-refractivity contribution in [3.8, 4) is 0 Å². The number of carbonyl (C=O) groups is 1. The Morgan fingerprint density at radius 2 is 1.33 bits per heavy atom. The number of hydrogen-bond acceptors (Lipinski definition) is 2. The first-order valence-corrected chi connectivity index (χ1v) is 13.2. The number of amides is 1. The van der Waals surface area contributed by atoms with Crippen LogP contribution in [0.15, 0.2) is 103 Å². The highest BCUT2D eigenvalue weighted by atomic mass is 16.1. The molecule has 3 aromatic carbocycles. The molecule has 1 amide bonds. The molecule has 0 aliphatic heterocycles. The molecule has 36 heavy (non-hydrogen) atoms. The monoisotopic (exact) mass is 479 g/mol. The van der Waals surface area contributed by atoms with Crippen LogP contribution in [0.5, 0.6) is 0 Å². The lowest BCUT2D eigenvalue weighted by molar-refractivity contribution is -0.122. The summed E-state index contributed by atoms with van der Waals surface area (Å²) in [7, 11) is 0. The maximum atomic E-state index is 13.9. The van der Waals surface area contributed by atoms with Crippen LogP contribution in [0.1, 0.15) is 73.5 Å². The molecule has 4 rings (SSSR count). The number of aromatic nitrogens is 2. The molecule has 0 saturated carbocycles. The molecular formula is C32H37N3O. The van der Waals surface area contributed by atoms with E-state index in [-0.39, 0.29) is 17.9 Å². The highest BCUT2D eigenvalue weighted by Gasteiger charge is 2.26. The summed E-state index contributed by atoms with van der Waals surface area (Å²) in [5.74, 6) is 0.631. The average Bonchev–Trinajstić information content (AvgIpc) is 3.37. The van der Waals surface area contributed by atoms with Crippen molar-refractivity contribution in [2.24, 2.45) is 0 Å². The van der Waals surface area contributed by atoms with Crippen LogP contribution < -0.4 is 5.32 Å². The van der Waals surface area contributed by atoms with Crippen molar-refractivity contribution in [3.05, 3.63) is 126 Å². The SMILES string of the molecule is CCCCCCCn1ccnc1CC(NC(=O)C(c1ccccc1)c1ccccc1)c1ccccc1. The molecule has 0 saturated heterocycles. The minimum Gasteiger partial charge on any atom is -0.348 e. The van der Waals surface area contributed by atoms with Crippen LogP contribution >= 0.6 is 0 Å². The van der Waals surface area contributed by atoms with Gasteiger partial charge in [-0.25, -0.2) is 4.98 Å². The summed E-state index contributed by atoms with van der Waals surface area (Å²) in [5, 5.41) is 3.39. The number of hydrogen-bond donors (Lipinski definition) is 1. The number of carbonyl (C=O) groups excluding carboxylic acids is 1. The van der Waals surface area contributed by atoms with Crippen molar-refractivity contribution < 1.29 is 4.79 Å². The van der Waals surface area contributed by atoms with Gasteiger partial charge in [-0.2, -0.15) is 0 Å². The lowest BCUT2D eigenvalue weighted by Gasteiger charge is -2.24. The van der Waals surface area contributed by atoms with Crippen molar-refractivity contribution in [2.75, 3.05) is 0 Å². The molecule has 186 valence electrons. The molecule has 0 radical (unpaired) electrons. The molecule has 1 aromatic heterocycles. The first-order chi connectivity index (χ1) is 17.8. The first-order valence-electron chi connectivity index (χ1n) is 13.2. The van der Waals surface area contributed by atoms with Crippen molar-refractivity contribution in [1.29, 1.82) is 0 Å². The fraction of sp³-hybridized carbons (Fsp3) is 0.312. The van der Waals surface area contributed by atoms with Crippen LogP contribution in [0.4, 0.5) is 0 Å². The molecule has 4 heteroatoms. The first kappa shape index (κ1) is 25.4. The number of rotatable bonds is 13. The Kier molecular flexibility index (Phi) is 9.49. The van der Waals surface area contributed by atoms with E-state index in [4.69, 9.17) is 0 Å². The van der Waals surface area contributed by atoms with Gasteiger partial charge in [-0.1, -0.05) is 124 Å². The highest BCUT2D eigenvalue weighted by molar-refractivity contribution is 5.87. The van der Waals surface area contributed by atoms with E-state index in [1.54, 1.807) is 0 Å². The van der Waals surface area contributed by atoms with E-state index in [0.29, 0.717) is 6.42 Å². The highest BCUT2D eigenvalue weighted by Crippen LogP contribution is 2.27. The summed E-state index contributed by atoms with van der Waals surface area (Å²) in [6, 6.07) is 30.1. The molecule has 1 unspecified atom stereocenters. The minimum atomic E-state index is -0.378. The van der Waals surface area contributed by atoms with Gasteiger partial charge in [0.1, 0.15) is 5.82 Å². The second kappa shape index (κ2) is 13.4. The van der Waals surface area contributed by atoms with E-state index >= 15 is 0 Å². The van der Waals surface area contributed by atoms with Crippen molar-refractivity contribution >= 4 is 5.91 Å². The fourth-order valence-corrected chi connectivity index (χ4v) is 4.78. The Morgan fingerprint density at radius 3 is 1.92 bits per heavy atom. The third-order valence-electron chi connectivity index (χ3n) is 6.74. The van der Waals surface area contributed by atoms with Gasteiger partial charge in [0.05, 0.1) is 12.0 Å². The number of unbranched alkanes of at least 4 members (excludes halogenated alkanes) is 4. The van der Waals surface area contributed by atoms with Gasteiger partial charge in [-0.15, -0.1) is 0 Å². The molecule has 1 atom stereocenters. The Hall–Kier alpha value is -3.66. The number of nitrogens with zero attached hydrogens (tertiary/aromatic N) is 2. The van der Waals surface area contributed by atoms with E-state index in [2.05, 4.69) is 40.1 Å². The fourth-order valence-electron chi connectivity index (χ4n) is 4.78. The van der Waals surface area contributed by atoms with Gasteiger partial charge in [0.2, 0.25) is 5.91 Å². The summed E-state index contributed by atoms with van der Waals surface area (Å²) in [4.78, 5) is 18.6. The molecule has 4 aromatic rings. The van der Waals surface area contributed by atoms with Gasteiger partial charge in [-0.05, 0) is 23.1 Å². The molecule has 0 aliphatic rings. The van der Waals surface area contributed by atoms with Gasteiger partial charge in [0.25, 0.3) is 0 Å². The van der Waals surface area contributed by atoms with Gasteiger partial charge in [0, 0.05) is 25.4 Å². The maximum absolute atomic E-state index is 13.9. The second-order valence-corrected chi connectivity index (χ2v) is 9.38. The zero-order chi connectivity index (χ0) is 25.0. The summed E-state index contributed by atoms with van der Waals surface area (Å²) < 4.78 is 2.25. The van der Waals surface area contributed by atoms with E-state index in [0.717, 1.165) is 35.5 Å². The lowest BCUT2D eigenvalue weighted by atomic mass is 9.90. The smallest absolute Gasteiger partial charge is 0.232 e. The lowest BCUT2D eigenvalue weighted by Crippen LogP contribution is -2.35. The molecule has 0 aliphatic carbocycles. The normalized spacial score (nSPS) is 11.9. The maximum Gasteiger partial charge on any atom is 0.232 e. The van der Waals surface area contributed by atoms with E-state index in [1.165, 1.54) is 25.7 Å². The number of aryl methyl sites for hydroxylation is 1. The number of imidazole rings is 1.